The lowest BCUT2D eigenvalue weighted by Crippen LogP contribution is -2.21. The topological polar surface area (TPSA) is 90.6 Å². The molecular weight excluding hydrogens is 311 g/mol. The van der Waals surface area contributed by atoms with Crippen molar-refractivity contribution in [2.24, 2.45) is 0 Å². The minimum Gasteiger partial charge on any atom is -0.357 e. The molecule has 3 N–H and O–H groups in total. The summed E-state index contributed by atoms with van der Waals surface area (Å²) in [4.78, 5) is 33.4. The summed E-state index contributed by atoms with van der Waals surface area (Å²) in [6.07, 6.45) is 0.569. The third-order valence-corrected chi connectivity index (χ3v) is 3.62. The van der Waals surface area contributed by atoms with Gasteiger partial charge in [0.05, 0.1) is 0 Å². The van der Waals surface area contributed by atoms with Crippen molar-refractivity contribution in [1.82, 2.24) is 20.3 Å². The van der Waals surface area contributed by atoms with E-state index in [0.717, 1.165) is 0 Å². The van der Waals surface area contributed by atoms with Gasteiger partial charge in [0, 0.05) is 53.9 Å². The van der Waals surface area contributed by atoms with Crippen LogP contribution in [0.5, 0.6) is 0 Å². The number of nitrogens with zero attached hydrogens (tertiary/aromatic N) is 1. The molecule has 0 bridgehead atoms. The molecule has 0 saturated heterocycles. The Morgan fingerprint density at radius 3 is 2.79 bits per heavy atom. The second kappa shape index (κ2) is 6.76. The summed E-state index contributed by atoms with van der Waals surface area (Å²) in [6, 6.07) is 7.00. The van der Waals surface area contributed by atoms with E-state index in [0.29, 0.717) is 47.6 Å². The molecular formula is C17H17FN4O2. The van der Waals surface area contributed by atoms with Gasteiger partial charge in [0.2, 0.25) is 0 Å². The second-order valence-corrected chi connectivity index (χ2v) is 5.61. The van der Waals surface area contributed by atoms with Crippen LogP contribution in [-0.4, -0.2) is 21.5 Å². The summed E-state index contributed by atoms with van der Waals surface area (Å²) in [6.45, 7) is 2.82. The van der Waals surface area contributed by atoms with Gasteiger partial charge >= 0.3 is 0 Å². The highest BCUT2D eigenvalue weighted by atomic mass is 19.1. The van der Waals surface area contributed by atoms with Gasteiger partial charge in [-0.3, -0.25) is 9.59 Å². The minimum atomic E-state index is -0.432. The molecule has 0 radical (unpaired) electrons. The molecule has 7 heteroatoms. The highest BCUT2D eigenvalue weighted by Crippen LogP contribution is 2.10. The third-order valence-electron chi connectivity index (χ3n) is 3.62. The molecule has 1 aromatic carbocycles. The van der Waals surface area contributed by atoms with Crippen molar-refractivity contribution >= 4 is 10.9 Å². The number of nitrogens with one attached hydrogen (secondary N) is 3. The van der Waals surface area contributed by atoms with Crippen molar-refractivity contribution < 1.29 is 4.39 Å². The lowest BCUT2D eigenvalue weighted by atomic mass is 10.2. The zero-order chi connectivity index (χ0) is 17.1. The highest BCUT2D eigenvalue weighted by molar-refractivity contribution is 5.78. The number of benzene rings is 1. The van der Waals surface area contributed by atoms with Crippen molar-refractivity contribution in [1.29, 1.82) is 0 Å². The zero-order valence-electron chi connectivity index (χ0n) is 13.1. The Hall–Kier alpha value is -2.80. The van der Waals surface area contributed by atoms with Crippen LogP contribution in [0.1, 0.15) is 17.2 Å². The molecule has 2 aromatic heterocycles. The van der Waals surface area contributed by atoms with Gasteiger partial charge in [-0.1, -0.05) is 0 Å². The lowest BCUT2D eigenvalue weighted by Gasteiger charge is -2.07. The third kappa shape index (κ3) is 3.75. The molecule has 24 heavy (non-hydrogen) atoms. The maximum atomic E-state index is 13.2. The number of rotatable bonds is 5. The molecule has 3 rings (SSSR count). The van der Waals surface area contributed by atoms with Crippen LogP contribution in [-0.2, 0) is 13.0 Å². The van der Waals surface area contributed by atoms with Gasteiger partial charge in [0.25, 0.3) is 5.56 Å². The second-order valence-electron chi connectivity index (χ2n) is 5.61. The van der Waals surface area contributed by atoms with Gasteiger partial charge < -0.3 is 15.3 Å². The predicted molar refractivity (Wildman–Crippen MR) is 89.5 cm³/mol. The van der Waals surface area contributed by atoms with Crippen LogP contribution in [0, 0.1) is 12.7 Å². The molecule has 124 valence electrons. The summed E-state index contributed by atoms with van der Waals surface area (Å²) >= 11 is 0. The van der Waals surface area contributed by atoms with Crippen molar-refractivity contribution in [3.8, 4) is 0 Å². The van der Waals surface area contributed by atoms with E-state index in [-0.39, 0.29) is 11.0 Å². The fourth-order valence-electron chi connectivity index (χ4n) is 2.56. The Kier molecular flexibility index (Phi) is 4.52. The van der Waals surface area contributed by atoms with Crippen molar-refractivity contribution in [2.45, 2.75) is 19.9 Å². The Labute approximate surface area is 136 Å². The van der Waals surface area contributed by atoms with E-state index >= 15 is 0 Å². The average molecular weight is 328 g/mol. The molecule has 0 saturated carbocycles. The maximum absolute atomic E-state index is 13.2. The molecule has 0 atom stereocenters. The minimum absolute atomic E-state index is 0.163. The van der Waals surface area contributed by atoms with Crippen LogP contribution >= 0.6 is 0 Å². The van der Waals surface area contributed by atoms with Crippen molar-refractivity contribution in [3.05, 3.63) is 73.9 Å². The molecule has 0 spiro atoms. The monoisotopic (exact) mass is 328 g/mol. The predicted octanol–water partition coefficient (Wildman–Crippen LogP) is 1.39. The first kappa shape index (κ1) is 16.1. The summed E-state index contributed by atoms with van der Waals surface area (Å²) in [5.74, 6) is 0.188. The van der Waals surface area contributed by atoms with Crippen LogP contribution < -0.4 is 16.3 Å². The van der Waals surface area contributed by atoms with E-state index in [1.54, 1.807) is 13.0 Å². The van der Waals surface area contributed by atoms with Gasteiger partial charge in [-0.25, -0.2) is 9.37 Å². The molecule has 0 aliphatic heterocycles. The van der Waals surface area contributed by atoms with E-state index in [9.17, 15) is 14.0 Å². The number of halogens is 1. The van der Waals surface area contributed by atoms with E-state index < -0.39 is 5.82 Å². The van der Waals surface area contributed by atoms with Crippen LogP contribution in [0.3, 0.4) is 0 Å². The molecule has 0 amide bonds. The van der Waals surface area contributed by atoms with E-state index in [1.807, 2.05) is 0 Å². The van der Waals surface area contributed by atoms with Crippen LogP contribution in [0.25, 0.3) is 10.9 Å². The first-order chi connectivity index (χ1) is 11.5. The van der Waals surface area contributed by atoms with E-state index in [1.165, 1.54) is 24.3 Å². The van der Waals surface area contributed by atoms with Gasteiger partial charge in [-0.15, -0.1) is 0 Å². The molecule has 6 nitrogen and oxygen atoms in total. The number of hydrogen-bond donors (Lipinski definition) is 3. The smallest absolute Gasteiger partial charge is 0.251 e. The van der Waals surface area contributed by atoms with Crippen LogP contribution in [0.2, 0.25) is 0 Å². The Balaban J connectivity index is 1.64. The largest absolute Gasteiger partial charge is 0.357 e. The van der Waals surface area contributed by atoms with Crippen molar-refractivity contribution in [2.75, 3.05) is 6.54 Å². The zero-order valence-corrected chi connectivity index (χ0v) is 13.1. The number of aromatic amines is 2. The number of aromatic nitrogens is 3. The summed E-state index contributed by atoms with van der Waals surface area (Å²) in [5, 5.41) is 3.52. The first-order valence-corrected chi connectivity index (χ1v) is 7.60. The van der Waals surface area contributed by atoms with Gasteiger partial charge in [-0.05, 0) is 25.1 Å². The average Bonchev–Trinajstić information content (AvgIpc) is 2.51. The SMILES string of the molecule is Cc1cc(=O)[nH]c(CCNCc2cc(=O)c3cc(F)ccc3[nH]2)n1. The van der Waals surface area contributed by atoms with Gasteiger partial charge in [0.1, 0.15) is 11.6 Å². The molecule has 0 aliphatic carbocycles. The Morgan fingerprint density at radius 2 is 2.00 bits per heavy atom. The fraction of sp³-hybridized carbons (Fsp3) is 0.235. The van der Waals surface area contributed by atoms with Crippen molar-refractivity contribution in [3.63, 3.8) is 0 Å². The summed E-state index contributed by atoms with van der Waals surface area (Å²) in [7, 11) is 0. The maximum Gasteiger partial charge on any atom is 0.251 e. The highest BCUT2D eigenvalue weighted by Gasteiger charge is 2.04. The number of H-pyrrole nitrogens is 2. The van der Waals surface area contributed by atoms with E-state index in [4.69, 9.17) is 0 Å². The van der Waals surface area contributed by atoms with Gasteiger partial charge in [0.15, 0.2) is 5.43 Å². The van der Waals surface area contributed by atoms with Crippen LogP contribution in [0.4, 0.5) is 4.39 Å². The standard InChI is InChI=1S/C17H17FN4O2/c1-10-6-17(24)22-16(20-10)4-5-19-9-12-8-15(23)13-7-11(18)2-3-14(13)21-12/h2-3,6-8,19H,4-5,9H2,1H3,(H,21,23)(H,20,22,24). The molecule has 0 aliphatic rings. The molecule has 3 aromatic rings. The summed E-state index contributed by atoms with van der Waals surface area (Å²) < 4.78 is 13.2. The first-order valence-electron chi connectivity index (χ1n) is 7.60. The Morgan fingerprint density at radius 1 is 1.17 bits per heavy atom. The number of fused-ring (bicyclic) bond motifs is 1. The molecule has 0 unspecified atom stereocenters. The fourth-order valence-corrected chi connectivity index (χ4v) is 2.56. The quantitative estimate of drug-likeness (QED) is 0.617. The number of aryl methyl sites for hydroxylation is 1. The lowest BCUT2D eigenvalue weighted by molar-refractivity contribution is 0.629. The summed E-state index contributed by atoms with van der Waals surface area (Å²) in [5.41, 5.74) is 1.61. The molecule has 0 fully saturated rings. The van der Waals surface area contributed by atoms with Gasteiger partial charge in [-0.2, -0.15) is 0 Å². The Bertz CT molecular complexity index is 994. The number of pyridine rings is 1. The normalized spacial score (nSPS) is 11.1. The van der Waals surface area contributed by atoms with Crippen LogP contribution in [0.15, 0.2) is 39.9 Å². The molecule has 2 heterocycles. The number of hydrogen-bond acceptors (Lipinski definition) is 4. The van der Waals surface area contributed by atoms with E-state index in [2.05, 4.69) is 20.3 Å².